The maximum absolute atomic E-state index is 13.3. The van der Waals surface area contributed by atoms with Crippen LogP contribution in [0, 0.1) is 0 Å². The predicted octanol–water partition coefficient (Wildman–Crippen LogP) is 2.95. The van der Waals surface area contributed by atoms with Gasteiger partial charge in [0.05, 0.1) is 23.6 Å². The highest BCUT2D eigenvalue weighted by atomic mass is 19.4. The molecule has 1 unspecified atom stereocenters. The zero-order valence-corrected chi connectivity index (χ0v) is 15.8. The number of dihydropyridines is 1. The van der Waals surface area contributed by atoms with E-state index < -0.39 is 11.7 Å². The van der Waals surface area contributed by atoms with Crippen LogP contribution in [0.1, 0.15) is 20.3 Å². The zero-order valence-electron chi connectivity index (χ0n) is 15.8. The molecular weight excluding hydrogens is 345 g/mol. The number of nitrogens with zero attached hydrogens (tertiary/aromatic N) is 4. The van der Waals surface area contributed by atoms with Gasteiger partial charge >= 0.3 is 6.18 Å². The number of rotatable bonds is 3. The van der Waals surface area contributed by atoms with Gasteiger partial charge in [0.1, 0.15) is 17.7 Å². The summed E-state index contributed by atoms with van der Waals surface area (Å²) in [4.78, 5) is 9.89. The summed E-state index contributed by atoms with van der Waals surface area (Å²) in [7, 11) is 5.44. The normalized spacial score (nSPS) is 24.0. The summed E-state index contributed by atoms with van der Waals surface area (Å²) < 4.78 is 45.7. The van der Waals surface area contributed by atoms with E-state index in [4.69, 9.17) is 4.74 Å². The van der Waals surface area contributed by atoms with Crippen molar-refractivity contribution in [3.63, 3.8) is 0 Å². The van der Waals surface area contributed by atoms with Crippen molar-refractivity contribution in [1.82, 2.24) is 14.7 Å². The molecule has 144 valence electrons. The van der Waals surface area contributed by atoms with Gasteiger partial charge in [0.25, 0.3) is 0 Å². The molecule has 0 radical (unpaired) electrons. The molecule has 0 amide bonds. The Morgan fingerprint density at radius 2 is 1.88 bits per heavy atom. The zero-order chi connectivity index (χ0) is 19.2. The van der Waals surface area contributed by atoms with E-state index in [9.17, 15) is 13.2 Å². The Hall–Kier alpha value is -2.12. The number of alkyl halides is 3. The molecule has 3 heterocycles. The molecule has 0 aromatic rings. The average Bonchev–Trinajstić information content (AvgIpc) is 2.78. The van der Waals surface area contributed by atoms with Crippen molar-refractivity contribution in [3.8, 4) is 0 Å². The summed E-state index contributed by atoms with van der Waals surface area (Å²) in [6.07, 6.45) is -0.786. The minimum absolute atomic E-state index is 0.00329. The molecule has 0 spiro atoms. The standard InChI is InChI=1S/C18H25F3N4O/c1-11(2)26-15-9-22-7-6-13(15)16-24(4)14-8-12(18(19,20)21)10-23(3)17(14)25(16)5/h8-9,11,16H,6-7,10H2,1-5H3. The van der Waals surface area contributed by atoms with Crippen LogP contribution >= 0.6 is 0 Å². The quantitative estimate of drug-likeness (QED) is 0.765. The molecule has 0 aromatic carbocycles. The smallest absolute Gasteiger partial charge is 0.414 e. The Balaban J connectivity index is 2.00. The third-order valence-corrected chi connectivity index (χ3v) is 4.83. The van der Waals surface area contributed by atoms with Crippen LogP contribution in [0.3, 0.4) is 0 Å². The average molecular weight is 370 g/mol. The first-order chi connectivity index (χ1) is 12.1. The van der Waals surface area contributed by atoms with Gasteiger partial charge < -0.3 is 19.4 Å². The lowest BCUT2D eigenvalue weighted by Crippen LogP contribution is -2.41. The van der Waals surface area contributed by atoms with Crippen LogP contribution in [0.5, 0.6) is 0 Å². The van der Waals surface area contributed by atoms with Gasteiger partial charge in [-0.25, -0.2) is 0 Å². The number of hydrogen-bond donors (Lipinski definition) is 0. The number of likely N-dealkylation sites (N-methyl/N-ethyl adjacent to an activating group) is 3. The van der Waals surface area contributed by atoms with Gasteiger partial charge in [-0.1, -0.05) is 0 Å². The Bertz CT molecular complexity index is 706. The number of halogens is 3. The molecule has 3 aliphatic rings. The minimum Gasteiger partial charge on any atom is -0.489 e. The van der Waals surface area contributed by atoms with E-state index >= 15 is 0 Å². The second-order valence-electron chi connectivity index (χ2n) is 7.17. The molecule has 1 atom stereocenters. The molecule has 3 rings (SSSR count). The van der Waals surface area contributed by atoms with Crippen LogP contribution in [0.25, 0.3) is 0 Å². The lowest BCUT2D eigenvalue weighted by atomic mass is 10.0. The SMILES string of the molecule is CC(C)OC1=C(C2N(C)C3=C(N(C)CC(C(F)(F)F)=C3)N2C)CCN=C1. The largest absolute Gasteiger partial charge is 0.489 e. The highest BCUT2D eigenvalue weighted by Crippen LogP contribution is 2.41. The van der Waals surface area contributed by atoms with Crippen molar-refractivity contribution in [3.05, 3.63) is 34.5 Å². The van der Waals surface area contributed by atoms with Crippen LogP contribution < -0.4 is 0 Å². The lowest BCUT2D eigenvalue weighted by Gasteiger charge is -2.35. The van der Waals surface area contributed by atoms with Gasteiger partial charge in [0, 0.05) is 39.8 Å². The van der Waals surface area contributed by atoms with E-state index in [-0.39, 0.29) is 18.8 Å². The van der Waals surface area contributed by atoms with Crippen LogP contribution in [0.15, 0.2) is 39.5 Å². The first-order valence-corrected chi connectivity index (χ1v) is 8.69. The second-order valence-corrected chi connectivity index (χ2v) is 7.17. The summed E-state index contributed by atoms with van der Waals surface area (Å²) in [5, 5.41) is 0. The topological polar surface area (TPSA) is 31.3 Å². The van der Waals surface area contributed by atoms with Crippen LogP contribution in [-0.2, 0) is 4.74 Å². The fourth-order valence-corrected chi connectivity index (χ4v) is 3.81. The highest BCUT2D eigenvalue weighted by molar-refractivity contribution is 5.78. The van der Waals surface area contributed by atoms with Crippen molar-refractivity contribution < 1.29 is 17.9 Å². The van der Waals surface area contributed by atoms with Crippen molar-refractivity contribution in [2.45, 2.75) is 38.7 Å². The molecule has 3 aliphatic heterocycles. The highest BCUT2D eigenvalue weighted by Gasteiger charge is 2.44. The Morgan fingerprint density at radius 3 is 2.50 bits per heavy atom. The number of aliphatic imine (C=N–C) groups is 1. The van der Waals surface area contributed by atoms with E-state index in [1.165, 1.54) is 6.08 Å². The van der Waals surface area contributed by atoms with Crippen molar-refractivity contribution in [1.29, 1.82) is 0 Å². The molecule has 26 heavy (non-hydrogen) atoms. The number of allylic oxidation sites excluding steroid dienone is 2. The third kappa shape index (κ3) is 3.17. The predicted molar refractivity (Wildman–Crippen MR) is 94.3 cm³/mol. The first-order valence-electron chi connectivity index (χ1n) is 8.69. The van der Waals surface area contributed by atoms with Gasteiger partial charge in [0.2, 0.25) is 0 Å². The lowest BCUT2D eigenvalue weighted by molar-refractivity contribution is -0.0956. The van der Waals surface area contributed by atoms with Crippen molar-refractivity contribution in [2.24, 2.45) is 4.99 Å². The van der Waals surface area contributed by atoms with E-state index in [1.807, 2.05) is 37.7 Å². The maximum atomic E-state index is 13.3. The first kappa shape index (κ1) is 18.7. The molecule has 0 aliphatic carbocycles. The van der Waals surface area contributed by atoms with E-state index in [2.05, 4.69) is 4.99 Å². The molecule has 5 nitrogen and oxygen atoms in total. The summed E-state index contributed by atoms with van der Waals surface area (Å²) in [5.74, 6) is 1.52. The van der Waals surface area contributed by atoms with Gasteiger partial charge in [0.15, 0.2) is 0 Å². The van der Waals surface area contributed by atoms with Gasteiger partial charge in [-0.15, -0.1) is 0 Å². The summed E-state index contributed by atoms with van der Waals surface area (Å²) in [6, 6.07) is 0. The summed E-state index contributed by atoms with van der Waals surface area (Å²) in [5.41, 5.74) is 1.10. The molecule has 0 N–H and O–H groups in total. The summed E-state index contributed by atoms with van der Waals surface area (Å²) in [6.45, 7) is 4.40. The third-order valence-electron chi connectivity index (χ3n) is 4.83. The molecule has 0 fully saturated rings. The monoisotopic (exact) mass is 370 g/mol. The van der Waals surface area contributed by atoms with E-state index in [0.717, 1.165) is 23.6 Å². The van der Waals surface area contributed by atoms with Crippen LogP contribution in [0.2, 0.25) is 0 Å². The molecule has 0 bridgehead atoms. The van der Waals surface area contributed by atoms with Crippen LogP contribution in [-0.4, -0.2) is 73.6 Å². The van der Waals surface area contributed by atoms with Crippen molar-refractivity contribution >= 4 is 6.21 Å². The van der Waals surface area contributed by atoms with E-state index in [0.29, 0.717) is 12.2 Å². The van der Waals surface area contributed by atoms with Gasteiger partial charge in [-0.05, 0) is 26.3 Å². The molecular formula is C18H25F3N4O. The van der Waals surface area contributed by atoms with Gasteiger partial charge in [-0.2, -0.15) is 13.2 Å². The molecule has 0 aromatic heterocycles. The Morgan fingerprint density at radius 1 is 1.19 bits per heavy atom. The summed E-state index contributed by atoms with van der Waals surface area (Å²) >= 11 is 0. The maximum Gasteiger partial charge on any atom is 0.414 e. The molecule has 8 heteroatoms. The van der Waals surface area contributed by atoms with Crippen LogP contribution in [0.4, 0.5) is 13.2 Å². The number of hydrogen-bond acceptors (Lipinski definition) is 5. The fourth-order valence-electron chi connectivity index (χ4n) is 3.81. The van der Waals surface area contributed by atoms with Gasteiger partial charge in [-0.3, -0.25) is 4.99 Å². The van der Waals surface area contributed by atoms with E-state index in [1.54, 1.807) is 18.2 Å². The fraction of sp³-hybridized carbons (Fsp3) is 0.611. The molecule has 0 saturated carbocycles. The molecule has 0 saturated heterocycles. The second kappa shape index (κ2) is 6.55. The Kier molecular flexibility index (Phi) is 4.71. The number of ether oxygens (including phenoxy) is 1. The minimum atomic E-state index is -4.33. The Labute approximate surface area is 152 Å². The van der Waals surface area contributed by atoms with Crippen molar-refractivity contribution in [2.75, 3.05) is 34.2 Å².